The van der Waals surface area contributed by atoms with Crippen LogP contribution in [0.1, 0.15) is 23.5 Å². The fraction of sp³-hybridized carbons (Fsp3) is 0.200. The van der Waals surface area contributed by atoms with E-state index in [0.717, 1.165) is 16.9 Å². The van der Waals surface area contributed by atoms with Crippen molar-refractivity contribution in [2.24, 2.45) is 0 Å². The predicted octanol–water partition coefficient (Wildman–Crippen LogP) is 3.13. The summed E-state index contributed by atoms with van der Waals surface area (Å²) < 4.78 is 7.37. The van der Waals surface area contributed by atoms with Crippen molar-refractivity contribution in [3.8, 4) is 17.0 Å². The summed E-state index contributed by atoms with van der Waals surface area (Å²) in [4.78, 5) is 16.5. The van der Waals surface area contributed by atoms with Crippen LogP contribution < -0.4 is 10.5 Å². The molecule has 0 amide bonds. The normalized spacial score (nSPS) is 11.2. The molecule has 3 aromatic rings. The van der Waals surface area contributed by atoms with E-state index >= 15 is 0 Å². The lowest BCUT2D eigenvalue weighted by Gasteiger charge is -2.13. The van der Waals surface area contributed by atoms with Gasteiger partial charge in [0, 0.05) is 18.0 Å². The van der Waals surface area contributed by atoms with Crippen LogP contribution in [0.25, 0.3) is 16.2 Å². The first kappa shape index (κ1) is 14.4. The molecular formula is C15H15N3O3S. The second-order valence-electron chi connectivity index (χ2n) is 5.08. The Bertz CT molecular complexity index is 851. The Morgan fingerprint density at radius 1 is 1.45 bits per heavy atom. The number of aromatic nitrogens is 2. The van der Waals surface area contributed by atoms with Gasteiger partial charge in [0.25, 0.3) is 0 Å². The number of imidazole rings is 1. The number of thiazole rings is 1. The lowest BCUT2D eigenvalue weighted by atomic mass is 10.1. The number of nitrogens with zero attached hydrogens (tertiary/aromatic N) is 2. The fourth-order valence-electron chi connectivity index (χ4n) is 2.26. The first-order chi connectivity index (χ1) is 10.5. The number of anilines is 1. The zero-order valence-electron chi connectivity index (χ0n) is 12.1. The SMILES string of the molecule is CC(C)Oc1ccc(-c2c(C(=O)O)sc3nccn23)cc1N. The van der Waals surface area contributed by atoms with Gasteiger partial charge in [0.15, 0.2) is 4.96 Å². The molecule has 0 aliphatic carbocycles. The van der Waals surface area contributed by atoms with Crippen LogP contribution in [0.15, 0.2) is 30.6 Å². The summed E-state index contributed by atoms with van der Waals surface area (Å²) >= 11 is 1.13. The van der Waals surface area contributed by atoms with Crippen molar-refractivity contribution < 1.29 is 14.6 Å². The lowest BCUT2D eigenvalue weighted by Crippen LogP contribution is -2.07. The van der Waals surface area contributed by atoms with Gasteiger partial charge in [0.05, 0.1) is 17.5 Å². The van der Waals surface area contributed by atoms with Crippen LogP contribution in [0, 0.1) is 0 Å². The predicted molar refractivity (Wildman–Crippen MR) is 85.6 cm³/mol. The largest absolute Gasteiger partial charge is 0.489 e. The Morgan fingerprint density at radius 3 is 2.86 bits per heavy atom. The maximum absolute atomic E-state index is 11.5. The number of rotatable bonds is 4. The number of carbonyl (C=O) groups is 1. The molecule has 1 aromatic carbocycles. The molecule has 22 heavy (non-hydrogen) atoms. The third-order valence-electron chi connectivity index (χ3n) is 3.10. The molecule has 114 valence electrons. The Labute approximate surface area is 130 Å². The number of carboxylic acid groups (broad SMARTS) is 1. The van der Waals surface area contributed by atoms with Crippen LogP contribution >= 0.6 is 11.3 Å². The Hall–Kier alpha value is -2.54. The minimum absolute atomic E-state index is 0.0178. The van der Waals surface area contributed by atoms with E-state index < -0.39 is 5.97 Å². The number of nitrogen functional groups attached to an aromatic ring is 1. The molecular weight excluding hydrogens is 302 g/mol. The average Bonchev–Trinajstić information content (AvgIpc) is 3.00. The van der Waals surface area contributed by atoms with Crippen molar-refractivity contribution >= 4 is 28.0 Å². The molecule has 0 saturated heterocycles. The van der Waals surface area contributed by atoms with Crippen molar-refractivity contribution in [3.63, 3.8) is 0 Å². The van der Waals surface area contributed by atoms with Crippen molar-refractivity contribution in [2.75, 3.05) is 5.73 Å². The van der Waals surface area contributed by atoms with E-state index in [4.69, 9.17) is 10.5 Å². The smallest absolute Gasteiger partial charge is 0.348 e. The zero-order valence-corrected chi connectivity index (χ0v) is 12.9. The zero-order chi connectivity index (χ0) is 15.9. The lowest BCUT2D eigenvalue weighted by molar-refractivity contribution is 0.0702. The van der Waals surface area contributed by atoms with Crippen molar-refractivity contribution in [3.05, 3.63) is 35.5 Å². The summed E-state index contributed by atoms with van der Waals surface area (Å²) in [5.74, 6) is -0.390. The van der Waals surface area contributed by atoms with E-state index in [1.54, 1.807) is 28.9 Å². The molecule has 0 bridgehead atoms. The number of aromatic carboxylic acids is 1. The molecule has 3 N–H and O–H groups in total. The quantitative estimate of drug-likeness (QED) is 0.722. The number of benzene rings is 1. The van der Waals surface area contributed by atoms with Crippen LogP contribution in [0.3, 0.4) is 0 Å². The highest BCUT2D eigenvalue weighted by Gasteiger charge is 2.20. The summed E-state index contributed by atoms with van der Waals surface area (Å²) in [7, 11) is 0. The van der Waals surface area contributed by atoms with Crippen LogP contribution in [0.2, 0.25) is 0 Å². The first-order valence-corrected chi connectivity index (χ1v) is 7.54. The summed E-state index contributed by atoms with van der Waals surface area (Å²) in [5.41, 5.74) is 7.80. The van der Waals surface area contributed by atoms with Gasteiger partial charge in [-0.15, -0.1) is 0 Å². The Kier molecular flexibility index (Phi) is 3.50. The number of carboxylic acids is 1. The number of nitrogens with two attached hydrogens (primary N) is 1. The van der Waals surface area contributed by atoms with Crippen LogP contribution in [-0.2, 0) is 0 Å². The van der Waals surface area contributed by atoms with Gasteiger partial charge < -0.3 is 15.6 Å². The highest BCUT2D eigenvalue weighted by atomic mass is 32.1. The van der Waals surface area contributed by atoms with Gasteiger partial charge in [-0.05, 0) is 32.0 Å². The maximum Gasteiger partial charge on any atom is 0.348 e. The molecule has 6 nitrogen and oxygen atoms in total. The van der Waals surface area contributed by atoms with Crippen LogP contribution in [0.4, 0.5) is 5.69 Å². The fourth-order valence-corrected chi connectivity index (χ4v) is 3.20. The molecule has 0 unspecified atom stereocenters. The van der Waals surface area contributed by atoms with E-state index in [-0.39, 0.29) is 11.0 Å². The third-order valence-corrected chi connectivity index (χ3v) is 4.15. The topological polar surface area (TPSA) is 89.8 Å². The van der Waals surface area contributed by atoms with Crippen molar-refractivity contribution in [2.45, 2.75) is 20.0 Å². The molecule has 0 atom stereocenters. The van der Waals surface area contributed by atoms with Gasteiger partial charge in [-0.1, -0.05) is 11.3 Å². The standard InChI is InChI=1S/C15H15N3O3S/c1-8(2)21-11-4-3-9(7-10(11)16)12-13(14(19)20)22-15-17-5-6-18(12)15/h3-8H,16H2,1-2H3,(H,19,20). The van der Waals surface area contributed by atoms with Gasteiger partial charge in [0.2, 0.25) is 0 Å². The Morgan fingerprint density at radius 2 is 2.23 bits per heavy atom. The van der Waals surface area contributed by atoms with E-state index in [9.17, 15) is 9.90 Å². The maximum atomic E-state index is 11.5. The van der Waals surface area contributed by atoms with Gasteiger partial charge in [-0.25, -0.2) is 9.78 Å². The second-order valence-corrected chi connectivity index (χ2v) is 6.06. The summed E-state index contributed by atoms with van der Waals surface area (Å²) in [6.45, 7) is 3.84. The number of fused-ring (bicyclic) bond motifs is 1. The van der Waals surface area contributed by atoms with Gasteiger partial charge in [-0.2, -0.15) is 0 Å². The molecule has 7 heteroatoms. The highest BCUT2D eigenvalue weighted by Crippen LogP contribution is 2.35. The van der Waals surface area contributed by atoms with E-state index in [2.05, 4.69) is 4.98 Å². The van der Waals surface area contributed by atoms with Crippen molar-refractivity contribution in [1.29, 1.82) is 0 Å². The monoisotopic (exact) mass is 317 g/mol. The van der Waals surface area contributed by atoms with E-state index in [1.807, 2.05) is 19.9 Å². The number of hydrogen-bond acceptors (Lipinski definition) is 5. The highest BCUT2D eigenvalue weighted by molar-refractivity contribution is 7.19. The molecule has 2 heterocycles. The number of hydrogen-bond donors (Lipinski definition) is 2. The minimum atomic E-state index is -0.980. The average molecular weight is 317 g/mol. The van der Waals surface area contributed by atoms with E-state index in [0.29, 0.717) is 22.1 Å². The molecule has 0 saturated carbocycles. The van der Waals surface area contributed by atoms with E-state index in [1.165, 1.54) is 0 Å². The second kappa shape index (κ2) is 5.34. The van der Waals surface area contributed by atoms with Gasteiger partial charge >= 0.3 is 5.97 Å². The Balaban J connectivity index is 2.15. The summed E-state index contributed by atoms with van der Waals surface area (Å²) in [6.07, 6.45) is 3.40. The van der Waals surface area contributed by atoms with Gasteiger partial charge in [0.1, 0.15) is 10.6 Å². The first-order valence-electron chi connectivity index (χ1n) is 6.73. The van der Waals surface area contributed by atoms with Crippen molar-refractivity contribution in [1.82, 2.24) is 9.38 Å². The summed E-state index contributed by atoms with van der Waals surface area (Å²) in [5, 5.41) is 9.40. The molecule has 0 aliphatic heterocycles. The molecule has 0 spiro atoms. The molecule has 0 aliphatic rings. The third kappa shape index (κ3) is 2.39. The van der Waals surface area contributed by atoms with Gasteiger partial charge in [-0.3, -0.25) is 4.40 Å². The molecule has 0 fully saturated rings. The minimum Gasteiger partial charge on any atom is -0.489 e. The van der Waals surface area contributed by atoms with Crippen LogP contribution in [0.5, 0.6) is 5.75 Å². The molecule has 2 aromatic heterocycles. The van der Waals surface area contributed by atoms with Crippen LogP contribution in [-0.4, -0.2) is 26.6 Å². The molecule has 0 radical (unpaired) electrons. The number of ether oxygens (including phenoxy) is 1. The molecule has 3 rings (SSSR count). The summed E-state index contributed by atoms with van der Waals surface area (Å²) in [6, 6.07) is 5.30.